The molecule has 0 aromatic heterocycles. The number of amidine groups is 1. The lowest BCUT2D eigenvalue weighted by atomic mass is 10.3. The molecule has 0 spiro atoms. The van der Waals surface area contributed by atoms with Gasteiger partial charge in [0.1, 0.15) is 5.75 Å². The molecule has 0 aliphatic heterocycles. The largest absolute Gasteiger partial charge is 0.496 e. The van der Waals surface area contributed by atoms with Crippen molar-refractivity contribution in [2.75, 3.05) is 13.4 Å². The molecule has 84 valence electrons. The number of aliphatic imine (C=N–C) groups is 1. The van der Waals surface area contributed by atoms with Crippen molar-refractivity contribution >= 4 is 45.2 Å². The number of methoxy groups -OCH3 is 1. The van der Waals surface area contributed by atoms with Crippen molar-refractivity contribution in [1.29, 1.82) is 5.26 Å². The highest BCUT2D eigenvalue weighted by atomic mass is 127. The minimum Gasteiger partial charge on any atom is -0.496 e. The van der Waals surface area contributed by atoms with E-state index in [1.54, 1.807) is 7.11 Å². The summed E-state index contributed by atoms with van der Waals surface area (Å²) in [4.78, 5) is 4.28. The number of thioether (sulfide) groups is 1. The molecule has 1 N–H and O–H groups in total. The van der Waals surface area contributed by atoms with E-state index in [2.05, 4.69) is 32.9 Å². The summed E-state index contributed by atoms with van der Waals surface area (Å²) in [5.74, 6) is 0.777. The van der Waals surface area contributed by atoms with Crippen LogP contribution >= 0.6 is 34.4 Å². The van der Waals surface area contributed by atoms with Crippen LogP contribution in [-0.2, 0) is 0 Å². The third-order valence-corrected chi connectivity index (χ3v) is 3.19. The maximum atomic E-state index is 8.51. The summed E-state index contributed by atoms with van der Waals surface area (Å²) < 4.78 is 6.22. The SMILES string of the molecule is COc1cc(N=C(NC#N)SC)ccc1I. The monoisotopic (exact) mass is 347 g/mol. The van der Waals surface area contributed by atoms with Gasteiger partial charge in [0.05, 0.1) is 16.4 Å². The zero-order chi connectivity index (χ0) is 12.0. The van der Waals surface area contributed by atoms with Gasteiger partial charge in [0, 0.05) is 6.07 Å². The lowest BCUT2D eigenvalue weighted by Gasteiger charge is -2.04. The van der Waals surface area contributed by atoms with E-state index in [1.165, 1.54) is 11.8 Å². The number of benzene rings is 1. The topological polar surface area (TPSA) is 57.4 Å². The number of halogens is 1. The van der Waals surface area contributed by atoms with Crippen LogP contribution in [0.3, 0.4) is 0 Å². The van der Waals surface area contributed by atoms with Crippen LogP contribution in [0.25, 0.3) is 0 Å². The van der Waals surface area contributed by atoms with Crippen molar-refractivity contribution in [3.8, 4) is 11.9 Å². The number of nitrogens with zero attached hydrogens (tertiary/aromatic N) is 2. The molecule has 0 unspecified atom stereocenters. The van der Waals surface area contributed by atoms with Gasteiger partial charge in [0.15, 0.2) is 11.4 Å². The number of hydrogen-bond acceptors (Lipinski definition) is 4. The molecule has 16 heavy (non-hydrogen) atoms. The normalized spacial score (nSPS) is 10.8. The smallest absolute Gasteiger partial charge is 0.183 e. The van der Waals surface area contributed by atoms with Gasteiger partial charge in [-0.2, -0.15) is 5.26 Å². The molecule has 1 aromatic rings. The molecular weight excluding hydrogens is 337 g/mol. The third kappa shape index (κ3) is 3.57. The quantitative estimate of drug-likeness (QED) is 0.294. The van der Waals surface area contributed by atoms with Crippen LogP contribution in [0.5, 0.6) is 5.75 Å². The predicted octanol–water partition coefficient (Wildman–Crippen LogP) is 2.72. The van der Waals surface area contributed by atoms with Gasteiger partial charge in [-0.25, -0.2) is 4.99 Å². The lowest BCUT2D eigenvalue weighted by Crippen LogP contribution is -2.12. The highest BCUT2D eigenvalue weighted by molar-refractivity contribution is 14.1. The van der Waals surface area contributed by atoms with Crippen LogP contribution in [-0.4, -0.2) is 18.5 Å². The molecule has 0 bridgehead atoms. The molecule has 0 fully saturated rings. The molecule has 0 amide bonds. The average Bonchev–Trinajstić information content (AvgIpc) is 2.30. The summed E-state index contributed by atoms with van der Waals surface area (Å²) in [6.07, 6.45) is 3.70. The Balaban J connectivity index is 3.01. The van der Waals surface area contributed by atoms with Gasteiger partial charge in [0.25, 0.3) is 0 Å². The second-order valence-electron chi connectivity index (χ2n) is 2.68. The van der Waals surface area contributed by atoms with Gasteiger partial charge >= 0.3 is 0 Å². The van der Waals surface area contributed by atoms with Crippen LogP contribution in [0.15, 0.2) is 23.2 Å². The first-order valence-electron chi connectivity index (χ1n) is 4.32. The standard InChI is InChI=1S/C10H10IN3OS/c1-15-9-5-7(3-4-8(9)11)14-10(16-2)13-6-12/h3-5H,1-2H3,(H,13,14). The summed E-state index contributed by atoms with van der Waals surface area (Å²) in [6.45, 7) is 0. The first-order valence-corrected chi connectivity index (χ1v) is 6.63. The summed E-state index contributed by atoms with van der Waals surface area (Å²) >= 11 is 3.57. The fourth-order valence-electron chi connectivity index (χ4n) is 1.01. The Morgan fingerprint density at radius 3 is 2.94 bits per heavy atom. The molecular formula is C10H10IN3OS. The van der Waals surface area contributed by atoms with Gasteiger partial charge in [-0.15, -0.1) is 0 Å². The van der Waals surface area contributed by atoms with Crippen molar-refractivity contribution in [3.63, 3.8) is 0 Å². The van der Waals surface area contributed by atoms with Gasteiger partial charge in [-0.1, -0.05) is 11.8 Å². The number of nitriles is 1. The van der Waals surface area contributed by atoms with Gasteiger partial charge in [0.2, 0.25) is 0 Å². The lowest BCUT2D eigenvalue weighted by molar-refractivity contribution is 0.412. The van der Waals surface area contributed by atoms with E-state index >= 15 is 0 Å². The van der Waals surface area contributed by atoms with Gasteiger partial charge in [-0.05, 0) is 41.0 Å². The molecule has 0 aliphatic rings. The van der Waals surface area contributed by atoms with E-state index < -0.39 is 0 Å². The van der Waals surface area contributed by atoms with E-state index in [0.29, 0.717) is 5.17 Å². The van der Waals surface area contributed by atoms with Gasteiger partial charge < -0.3 is 4.74 Å². The Bertz CT molecular complexity index is 442. The maximum Gasteiger partial charge on any atom is 0.183 e. The van der Waals surface area contributed by atoms with E-state index in [1.807, 2.05) is 30.6 Å². The minimum absolute atomic E-state index is 0.561. The molecule has 6 heteroatoms. The molecule has 4 nitrogen and oxygen atoms in total. The molecule has 0 radical (unpaired) electrons. The Morgan fingerprint density at radius 2 is 2.38 bits per heavy atom. The highest BCUT2D eigenvalue weighted by Crippen LogP contribution is 2.26. The Hall–Kier alpha value is -0.940. The van der Waals surface area contributed by atoms with Crippen LogP contribution in [0.2, 0.25) is 0 Å². The molecule has 0 saturated heterocycles. The fraction of sp³-hybridized carbons (Fsp3) is 0.200. The van der Waals surface area contributed by atoms with E-state index in [4.69, 9.17) is 10.00 Å². The predicted molar refractivity (Wildman–Crippen MR) is 75.1 cm³/mol. The van der Waals surface area contributed by atoms with Crippen LogP contribution in [0, 0.1) is 15.0 Å². The van der Waals surface area contributed by atoms with Gasteiger partial charge in [-0.3, -0.25) is 5.32 Å². The zero-order valence-electron chi connectivity index (χ0n) is 8.82. The van der Waals surface area contributed by atoms with Crippen molar-refractivity contribution in [1.82, 2.24) is 5.32 Å². The van der Waals surface area contributed by atoms with Crippen molar-refractivity contribution in [2.24, 2.45) is 4.99 Å². The summed E-state index contributed by atoms with van der Waals surface area (Å²) in [5.41, 5.74) is 0.754. The fourth-order valence-corrected chi connectivity index (χ4v) is 1.91. The summed E-state index contributed by atoms with van der Waals surface area (Å²) in [7, 11) is 1.62. The first-order chi connectivity index (χ1) is 7.71. The van der Waals surface area contributed by atoms with Crippen LogP contribution < -0.4 is 10.1 Å². The molecule has 0 atom stereocenters. The number of hydrogen-bond donors (Lipinski definition) is 1. The third-order valence-electron chi connectivity index (χ3n) is 1.72. The highest BCUT2D eigenvalue weighted by Gasteiger charge is 2.02. The molecule has 0 saturated carbocycles. The second kappa shape index (κ2) is 6.60. The summed E-state index contributed by atoms with van der Waals surface area (Å²) in [5, 5.41) is 11.6. The van der Waals surface area contributed by atoms with Crippen molar-refractivity contribution in [2.45, 2.75) is 0 Å². The number of ether oxygens (including phenoxy) is 1. The molecule has 1 aromatic carbocycles. The molecule has 1 rings (SSSR count). The minimum atomic E-state index is 0.561. The van der Waals surface area contributed by atoms with Crippen LogP contribution in [0.1, 0.15) is 0 Å². The van der Waals surface area contributed by atoms with Crippen molar-refractivity contribution < 1.29 is 4.74 Å². The number of nitrogens with one attached hydrogen (secondary N) is 1. The van der Waals surface area contributed by atoms with E-state index in [9.17, 15) is 0 Å². The Morgan fingerprint density at radius 1 is 1.62 bits per heavy atom. The summed E-state index contributed by atoms with van der Waals surface area (Å²) in [6, 6.07) is 5.62. The molecule has 0 aliphatic carbocycles. The Labute approximate surface area is 112 Å². The van der Waals surface area contributed by atoms with E-state index in [0.717, 1.165) is 15.0 Å². The zero-order valence-corrected chi connectivity index (χ0v) is 11.8. The van der Waals surface area contributed by atoms with E-state index in [-0.39, 0.29) is 0 Å². The van der Waals surface area contributed by atoms with Crippen LogP contribution in [0.4, 0.5) is 5.69 Å². The first kappa shape index (κ1) is 13.1. The average molecular weight is 347 g/mol. The second-order valence-corrected chi connectivity index (χ2v) is 4.63. The molecule has 0 heterocycles. The maximum absolute atomic E-state index is 8.51. The Kier molecular flexibility index (Phi) is 5.42. The van der Waals surface area contributed by atoms with Crippen molar-refractivity contribution in [3.05, 3.63) is 21.8 Å². The number of rotatable bonds is 2.